The van der Waals surface area contributed by atoms with Gasteiger partial charge in [0.1, 0.15) is 0 Å². The van der Waals surface area contributed by atoms with Crippen LogP contribution in [0.5, 0.6) is 0 Å². The van der Waals surface area contributed by atoms with Gasteiger partial charge < -0.3 is 4.42 Å². The molecule has 0 spiro atoms. The second-order valence-corrected chi connectivity index (χ2v) is 13.4. The predicted octanol–water partition coefficient (Wildman–Crippen LogP) is 7.26. The monoisotopic (exact) mass is 512 g/mol. The summed E-state index contributed by atoms with van der Waals surface area (Å²) in [5.41, 5.74) is 11.6. The Kier molecular flexibility index (Phi) is 7.34. The molecule has 0 fully saturated rings. The van der Waals surface area contributed by atoms with Gasteiger partial charge in [-0.05, 0) is 67.9 Å². The summed E-state index contributed by atoms with van der Waals surface area (Å²) >= 11 is 0. The first-order chi connectivity index (χ1) is 18.5. The van der Waals surface area contributed by atoms with E-state index in [4.69, 9.17) is 4.42 Å². The lowest BCUT2D eigenvalue weighted by Crippen LogP contribution is -2.56. The summed E-state index contributed by atoms with van der Waals surface area (Å²) in [6, 6.07) is 34.3. The van der Waals surface area contributed by atoms with Crippen LogP contribution in [0.2, 0.25) is 0 Å². The lowest BCUT2D eigenvalue weighted by Gasteiger charge is -2.27. The molecule has 0 saturated carbocycles. The number of aromatic nitrogens is 2. The van der Waals surface area contributed by atoms with Gasteiger partial charge in [0.15, 0.2) is 8.07 Å². The lowest BCUT2D eigenvalue weighted by molar-refractivity contribution is 0.584. The fourth-order valence-corrected chi connectivity index (χ4v) is 8.66. The number of rotatable bonds is 7. The molecule has 4 aromatic carbocycles. The average molecular weight is 513 g/mol. The largest absolute Gasteiger partial charge is 0.416 e. The van der Waals surface area contributed by atoms with Crippen LogP contribution in [-0.4, -0.2) is 18.3 Å². The van der Waals surface area contributed by atoms with Crippen LogP contribution >= 0.6 is 0 Å². The minimum atomic E-state index is -2.31. The van der Waals surface area contributed by atoms with Gasteiger partial charge >= 0.3 is 0 Å². The summed E-state index contributed by atoms with van der Waals surface area (Å²) in [6.45, 7) is 8.51. The molecule has 1 heterocycles. The average Bonchev–Trinajstić information content (AvgIpc) is 3.42. The van der Waals surface area contributed by atoms with E-state index < -0.39 is 8.07 Å². The normalized spacial score (nSPS) is 12.0. The van der Waals surface area contributed by atoms with E-state index in [-0.39, 0.29) is 0 Å². The third-order valence-corrected chi connectivity index (χ3v) is 10.9. The van der Waals surface area contributed by atoms with Crippen molar-refractivity contribution in [3.8, 4) is 22.9 Å². The van der Waals surface area contributed by atoms with E-state index in [1.54, 1.807) is 0 Å². The Bertz CT molecular complexity index is 1550. The molecule has 0 radical (unpaired) electrons. The molecule has 0 N–H and O–H groups in total. The van der Waals surface area contributed by atoms with Crippen LogP contribution in [0.1, 0.15) is 29.2 Å². The van der Waals surface area contributed by atoms with E-state index in [0.717, 1.165) is 16.7 Å². The maximum atomic E-state index is 5.98. The van der Waals surface area contributed by atoms with Crippen molar-refractivity contribution in [2.45, 2.75) is 27.7 Å². The second-order valence-electron chi connectivity index (χ2n) is 9.84. The fraction of sp³-hybridized carbons (Fsp3) is 0.118. The van der Waals surface area contributed by atoms with Crippen LogP contribution in [-0.2, 0) is 0 Å². The van der Waals surface area contributed by atoms with Gasteiger partial charge in [0.05, 0.1) is 0 Å². The number of hydrogen-bond acceptors (Lipinski definition) is 3. The highest BCUT2D eigenvalue weighted by molar-refractivity contribution is 7.09. The Morgan fingerprint density at radius 2 is 1.13 bits per heavy atom. The summed E-state index contributed by atoms with van der Waals surface area (Å²) in [5, 5.41) is 11.3. The van der Waals surface area contributed by atoms with Crippen molar-refractivity contribution in [3.63, 3.8) is 0 Å². The van der Waals surface area contributed by atoms with Gasteiger partial charge in [-0.3, -0.25) is 0 Å². The maximum Gasteiger partial charge on any atom is 0.248 e. The zero-order valence-electron chi connectivity index (χ0n) is 22.3. The Hall–Kier alpha value is -4.28. The van der Waals surface area contributed by atoms with E-state index in [1.807, 2.05) is 36.4 Å². The maximum absolute atomic E-state index is 5.98. The number of allylic oxidation sites excluding steroid dienone is 1. The quantitative estimate of drug-likeness (QED) is 0.215. The summed E-state index contributed by atoms with van der Waals surface area (Å²) < 4.78 is 5.98. The molecular weight excluding hydrogens is 480 g/mol. The van der Waals surface area contributed by atoms with E-state index in [2.05, 4.69) is 122 Å². The van der Waals surface area contributed by atoms with Crippen molar-refractivity contribution in [1.82, 2.24) is 10.2 Å². The zero-order chi connectivity index (χ0) is 26.5. The van der Waals surface area contributed by atoms with E-state index in [0.29, 0.717) is 11.8 Å². The molecular formula is C34H32N2OSi. The summed E-state index contributed by atoms with van der Waals surface area (Å²) in [7, 11) is -2.31. The molecule has 0 atom stereocenters. The molecule has 38 heavy (non-hydrogen) atoms. The highest BCUT2D eigenvalue weighted by Gasteiger charge is 2.32. The molecule has 4 heteroatoms. The molecule has 0 unspecified atom stereocenters. The zero-order valence-corrected chi connectivity index (χ0v) is 23.3. The standard InChI is InChI=1S/C34H32N2OSi/c1-5-21-38(31-10-6-8-26(3)23-31,32-11-7-9-27(4)24-32)22-20-28-14-18-30(19-15-28)34-36-35-33(37-34)29-16-12-25(2)13-17-29/h5-24H,1-4H3. The van der Waals surface area contributed by atoms with Gasteiger partial charge in [-0.2, -0.15) is 0 Å². The molecule has 0 aliphatic carbocycles. The van der Waals surface area contributed by atoms with E-state index >= 15 is 0 Å². The van der Waals surface area contributed by atoms with Crippen molar-refractivity contribution >= 4 is 24.5 Å². The third-order valence-electron chi connectivity index (χ3n) is 6.84. The molecule has 188 valence electrons. The van der Waals surface area contributed by atoms with Crippen molar-refractivity contribution in [1.29, 1.82) is 0 Å². The van der Waals surface area contributed by atoms with Crippen LogP contribution in [0.3, 0.4) is 0 Å². The highest BCUT2D eigenvalue weighted by atomic mass is 28.3. The van der Waals surface area contributed by atoms with Crippen molar-refractivity contribution < 1.29 is 4.42 Å². The third kappa shape index (κ3) is 5.36. The Morgan fingerprint density at radius 1 is 0.605 bits per heavy atom. The van der Waals surface area contributed by atoms with Crippen molar-refractivity contribution in [3.05, 3.63) is 137 Å². The van der Waals surface area contributed by atoms with Gasteiger partial charge in [-0.1, -0.05) is 113 Å². The number of nitrogens with zero attached hydrogens (tertiary/aromatic N) is 2. The van der Waals surface area contributed by atoms with Gasteiger partial charge in [0.2, 0.25) is 11.8 Å². The second kappa shape index (κ2) is 11.0. The minimum absolute atomic E-state index is 0.522. The summed E-state index contributed by atoms with van der Waals surface area (Å²) in [5.74, 6) is 1.05. The van der Waals surface area contributed by atoms with E-state index in [1.165, 1.54) is 27.1 Å². The molecule has 3 nitrogen and oxygen atoms in total. The van der Waals surface area contributed by atoms with Gasteiger partial charge in [0, 0.05) is 11.1 Å². The van der Waals surface area contributed by atoms with Crippen molar-refractivity contribution in [2.75, 3.05) is 0 Å². The van der Waals surface area contributed by atoms with Gasteiger partial charge in [-0.25, -0.2) is 0 Å². The number of hydrogen-bond donors (Lipinski definition) is 0. The van der Waals surface area contributed by atoms with E-state index in [9.17, 15) is 0 Å². The van der Waals surface area contributed by atoms with Gasteiger partial charge in [0.25, 0.3) is 0 Å². The SMILES string of the molecule is CC=C[Si](C=Cc1ccc(-c2nnc(-c3ccc(C)cc3)o2)cc1)(c1cccc(C)c1)c1cccc(C)c1. The van der Waals surface area contributed by atoms with Crippen LogP contribution in [0.15, 0.2) is 119 Å². The molecule has 1 aromatic heterocycles. The lowest BCUT2D eigenvalue weighted by atomic mass is 10.1. The first-order valence-electron chi connectivity index (χ1n) is 13.0. The van der Waals surface area contributed by atoms with Crippen LogP contribution in [0.4, 0.5) is 0 Å². The van der Waals surface area contributed by atoms with Gasteiger partial charge in [-0.15, -0.1) is 10.2 Å². The van der Waals surface area contributed by atoms with Crippen LogP contribution < -0.4 is 10.4 Å². The molecule has 0 bridgehead atoms. The highest BCUT2D eigenvalue weighted by Crippen LogP contribution is 2.25. The fourth-order valence-electron chi connectivity index (χ4n) is 4.79. The summed E-state index contributed by atoms with van der Waals surface area (Å²) in [6.07, 6.45) is 4.46. The predicted molar refractivity (Wildman–Crippen MR) is 161 cm³/mol. The molecule has 5 rings (SSSR count). The number of benzene rings is 4. The molecule has 0 amide bonds. The van der Waals surface area contributed by atoms with Crippen LogP contribution in [0.25, 0.3) is 29.0 Å². The topological polar surface area (TPSA) is 38.9 Å². The molecule has 0 saturated heterocycles. The Morgan fingerprint density at radius 3 is 1.63 bits per heavy atom. The molecule has 0 aliphatic heterocycles. The first kappa shape index (κ1) is 25.4. The Labute approximate surface area is 226 Å². The van der Waals surface area contributed by atoms with Crippen molar-refractivity contribution in [2.24, 2.45) is 0 Å². The summed E-state index contributed by atoms with van der Waals surface area (Å²) in [4.78, 5) is 0. The Balaban J connectivity index is 1.48. The number of aryl methyl sites for hydroxylation is 3. The first-order valence-corrected chi connectivity index (χ1v) is 15.1. The molecule has 5 aromatic rings. The minimum Gasteiger partial charge on any atom is -0.416 e. The van der Waals surface area contributed by atoms with Crippen LogP contribution in [0, 0.1) is 20.8 Å². The molecule has 0 aliphatic rings. The smallest absolute Gasteiger partial charge is 0.248 e.